The Morgan fingerprint density at radius 2 is 1.08 bits per heavy atom. The van der Waals surface area contributed by atoms with Crippen LogP contribution in [0.25, 0.3) is 0 Å². The second kappa shape index (κ2) is 39.2. The summed E-state index contributed by atoms with van der Waals surface area (Å²) in [6.45, 7) is -2.08. The van der Waals surface area contributed by atoms with Gasteiger partial charge in [0.15, 0.2) is 47.1 Å². The van der Waals surface area contributed by atoms with Gasteiger partial charge in [-0.1, -0.05) is 29.5 Å². The maximum Gasteiger partial charge on any atom is 0.218 e. The van der Waals surface area contributed by atoms with Crippen LogP contribution < -0.4 is 10.6 Å². The monoisotopic (exact) mass is 1450 g/mol. The van der Waals surface area contributed by atoms with Crippen molar-refractivity contribution < 1.29 is 171 Å². The van der Waals surface area contributed by atoms with Crippen molar-refractivity contribution in [2.75, 3.05) is 39.6 Å². The van der Waals surface area contributed by atoms with E-state index in [4.69, 9.17) is 37.9 Å². The fourth-order valence-corrected chi connectivity index (χ4v) is 10.9. The first-order valence-corrected chi connectivity index (χ1v) is 31.6. The Kier molecular flexibility index (Phi) is 32.5. The first-order valence-electron chi connectivity index (χ1n) is 31.6. The Bertz CT molecular complexity index is 3030. The third kappa shape index (κ3) is 21.6. The van der Waals surface area contributed by atoms with Crippen LogP contribution in [0.3, 0.4) is 0 Å². The molecule has 0 saturated carbocycles. The molecule has 0 bridgehead atoms. The molecule has 0 radical (unpaired) electrons. The van der Waals surface area contributed by atoms with Gasteiger partial charge in [-0.05, 0) is 37.0 Å². The maximum atomic E-state index is 11.1. The highest BCUT2D eigenvalue weighted by Crippen LogP contribution is 2.32. The van der Waals surface area contributed by atoms with Gasteiger partial charge in [0.1, 0.15) is 103 Å². The summed E-state index contributed by atoms with van der Waals surface area (Å²) in [7, 11) is 0. The molecule has 2 saturated heterocycles. The van der Waals surface area contributed by atoms with E-state index in [0.717, 1.165) is 6.08 Å². The SMILES string of the molecule is CC[C@H](/C=C(/O)[C@H](O)O[C@H](CCO)/C(O)=C(/O)[C@H](O)O[C@H](CCO)/C(O)=C(/O)[C@@H](O)OCc1cn(CCn2cc(CO[C@H]3OC(CO)[C@H](O[C@H](O)/C(O)=C(\O)[C@H](CCO)O[C@@H]4OC(C)[C@H](N[C@H]5C=C(CO)[C@@H](O)[C@@H](O)[C@@H]5O)CC4O)C(O)C3O)nn2)nn1)N[C@@H]1C=C(CO)[C@@H](O)[C@H](O)[C@H]1O. The van der Waals surface area contributed by atoms with E-state index >= 15 is 0 Å². The van der Waals surface area contributed by atoms with Crippen molar-refractivity contribution in [3.8, 4) is 0 Å². The van der Waals surface area contributed by atoms with Crippen LogP contribution in [-0.4, -0.2) is 356 Å². The summed E-state index contributed by atoms with van der Waals surface area (Å²) >= 11 is 0. The molecule has 2 aromatic rings. The molecule has 570 valence electrons. The largest absolute Gasteiger partial charge is 0.507 e. The van der Waals surface area contributed by atoms with E-state index in [1.807, 2.05) is 0 Å². The van der Waals surface area contributed by atoms with Crippen molar-refractivity contribution in [3.05, 3.63) is 93.5 Å². The minimum atomic E-state index is -2.61. The van der Waals surface area contributed by atoms with Crippen LogP contribution in [0.4, 0.5) is 0 Å². The molecule has 6 rings (SSSR count). The highest BCUT2D eigenvalue weighted by Gasteiger charge is 2.48. The van der Waals surface area contributed by atoms with Crippen LogP contribution in [0.2, 0.25) is 0 Å². The predicted molar refractivity (Wildman–Crippen MR) is 327 cm³/mol. The first kappa shape index (κ1) is 83.1. The van der Waals surface area contributed by atoms with Crippen molar-refractivity contribution in [1.82, 2.24) is 40.6 Å². The number of aliphatic hydroxyl groups is 26. The summed E-state index contributed by atoms with van der Waals surface area (Å²) < 4.78 is 46.4. The Morgan fingerprint density at radius 3 is 1.62 bits per heavy atom. The number of aliphatic hydroxyl groups excluding tert-OH is 26. The molecule has 0 aromatic carbocycles. The molecule has 4 heterocycles. The minimum Gasteiger partial charge on any atom is -0.507 e. The van der Waals surface area contributed by atoms with Gasteiger partial charge in [0.2, 0.25) is 25.2 Å². The number of ether oxygens (including phenoxy) is 8. The number of aromatic nitrogens is 6. The number of rotatable bonds is 39. The highest BCUT2D eigenvalue weighted by molar-refractivity contribution is 5.24. The zero-order chi connectivity index (χ0) is 74.0. The Balaban J connectivity index is 0.958. The number of nitrogens with zero attached hydrogens (tertiary/aromatic N) is 6. The number of aryl methyl sites for hydroxylation is 2. The molecule has 42 heteroatoms. The number of hydrogen-bond donors (Lipinski definition) is 28. The average Bonchev–Trinajstić information content (AvgIpc) is 0.850. The van der Waals surface area contributed by atoms with Crippen molar-refractivity contribution in [2.45, 2.75) is 226 Å². The Morgan fingerprint density at radius 1 is 0.580 bits per heavy atom. The molecular formula is C58H94N8O34. The van der Waals surface area contributed by atoms with E-state index in [1.54, 1.807) is 13.8 Å². The second-order valence-electron chi connectivity index (χ2n) is 23.8. The molecule has 2 fully saturated rings. The quantitative estimate of drug-likeness (QED) is 0.0168. The van der Waals surface area contributed by atoms with Gasteiger partial charge in [-0.2, -0.15) is 0 Å². The third-order valence-electron chi connectivity index (χ3n) is 16.7. The molecule has 2 aliphatic carbocycles. The van der Waals surface area contributed by atoms with E-state index in [2.05, 4.69) is 31.3 Å². The number of hydrogen-bond acceptors (Lipinski definition) is 40. The summed E-state index contributed by atoms with van der Waals surface area (Å²) in [5.74, 6) is -8.61. The standard InChI is InChI=1S/C58H94N8O34/c1-3-26(59-30-12-24(18-70)38(75)45(82)40(30)77)14-32(73)53(89)96-34(4-9-67)43(80)49(86)55(91)97-35(5-10-68)42(79)48(85)54(90)93-21-27-16-65(63-61-27)7-8-66-17-28(62-64-66)22-94-58-51(88)47(84)52(37(20-72)99-58)100-56(92)50(87)44(81)36(6-11-69)98-57-33(74)15-29(23(2)95-57)60-31-13-25(19-71)39(76)46(83)41(31)78/h12-14,16-17,23,26,29-31,33-41,45-47,51-60,67-92H,3-11,15,18-22H2,1-2H3/b32-14+,48-42-,49-43-,50-44+/t23?,26-,29-,30-,31+,33?,34-,35-,36+,37?,38-,39-,40+,41-,45+,46-,47?,51?,52+,53-,54+,55-,56+,57+,58+/m1/s1. The average molecular weight is 1450 g/mol. The van der Waals surface area contributed by atoms with Gasteiger partial charge in [-0.3, -0.25) is 9.36 Å². The normalized spacial score (nSPS) is 31.7. The second-order valence-corrected chi connectivity index (χ2v) is 23.8. The van der Waals surface area contributed by atoms with Crippen LogP contribution in [-0.2, 0) is 64.2 Å². The van der Waals surface area contributed by atoms with E-state index in [9.17, 15) is 133 Å². The van der Waals surface area contributed by atoms with E-state index < -0.39 is 266 Å². The highest BCUT2D eigenvalue weighted by atomic mass is 16.7. The molecular weight excluding hydrogens is 1350 g/mol. The molecule has 5 unspecified atom stereocenters. The first-order chi connectivity index (χ1) is 47.4. The van der Waals surface area contributed by atoms with E-state index in [0.29, 0.717) is 0 Å². The summed E-state index contributed by atoms with van der Waals surface area (Å²) in [5, 5.41) is 294. The summed E-state index contributed by atoms with van der Waals surface area (Å²) in [4.78, 5) is 0. The smallest absolute Gasteiger partial charge is 0.218 e. The summed E-state index contributed by atoms with van der Waals surface area (Å²) in [6, 6.07) is -3.65. The molecule has 4 aliphatic rings. The zero-order valence-electron chi connectivity index (χ0n) is 54.0. The van der Waals surface area contributed by atoms with E-state index in [-0.39, 0.29) is 48.5 Å². The third-order valence-corrected chi connectivity index (χ3v) is 16.7. The van der Waals surface area contributed by atoms with Gasteiger partial charge in [0.25, 0.3) is 0 Å². The van der Waals surface area contributed by atoms with Crippen molar-refractivity contribution in [3.63, 3.8) is 0 Å². The maximum absolute atomic E-state index is 11.1. The van der Waals surface area contributed by atoms with Crippen LogP contribution in [0.5, 0.6) is 0 Å². The topological polar surface area (TPSA) is 685 Å². The molecule has 2 aliphatic heterocycles. The molecule has 0 amide bonds. The van der Waals surface area contributed by atoms with Crippen molar-refractivity contribution in [1.29, 1.82) is 0 Å². The molecule has 2 aromatic heterocycles. The van der Waals surface area contributed by atoms with Crippen LogP contribution in [0.15, 0.2) is 82.1 Å². The Hall–Kier alpha value is -5.84. The minimum absolute atomic E-state index is 0.000721. The lowest BCUT2D eigenvalue weighted by molar-refractivity contribution is -0.324. The molecule has 25 atom stereocenters. The zero-order valence-corrected chi connectivity index (χ0v) is 54.0. The van der Waals surface area contributed by atoms with Crippen LogP contribution in [0.1, 0.15) is 57.3 Å². The van der Waals surface area contributed by atoms with Gasteiger partial charge < -0.3 is 181 Å². The molecule has 100 heavy (non-hydrogen) atoms. The predicted octanol–water partition coefficient (Wildman–Crippen LogP) is -8.98. The van der Waals surface area contributed by atoms with Crippen molar-refractivity contribution in [2.24, 2.45) is 0 Å². The lowest BCUT2D eigenvalue weighted by Crippen LogP contribution is -2.61. The van der Waals surface area contributed by atoms with Gasteiger partial charge in [0, 0.05) is 51.2 Å². The number of nitrogens with one attached hydrogen (secondary N) is 2. The lowest BCUT2D eigenvalue weighted by atomic mass is 9.87. The fourth-order valence-electron chi connectivity index (χ4n) is 10.9. The summed E-state index contributed by atoms with van der Waals surface area (Å²) in [6.07, 6.45) is -32.8. The summed E-state index contributed by atoms with van der Waals surface area (Å²) in [5.41, 5.74) is 0.261. The van der Waals surface area contributed by atoms with Crippen molar-refractivity contribution >= 4 is 0 Å². The van der Waals surface area contributed by atoms with Gasteiger partial charge in [0.05, 0.1) is 76.7 Å². The fraction of sp³-hybridized carbons (Fsp3) is 0.724. The molecule has 42 nitrogen and oxygen atoms in total. The molecule has 0 spiro atoms. The van der Waals surface area contributed by atoms with Crippen LogP contribution >= 0.6 is 0 Å². The lowest BCUT2D eigenvalue weighted by Gasteiger charge is -2.43. The molecule has 28 N–H and O–H groups in total. The van der Waals surface area contributed by atoms with Crippen LogP contribution in [0, 0.1) is 0 Å². The van der Waals surface area contributed by atoms with Gasteiger partial charge in [-0.15, -0.1) is 10.2 Å². The van der Waals surface area contributed by atoms with Gasteiger partial charge in [-0.25, -0.2) is 0 Å². The van der Waals surface area contributed by atoms with Gasteiger partial charge >= 0.3 is 0 Å². The van der Waals surface area contributed by atoms with E-state index in [1.165, 1.54) is 33.9 Å². The Labute approximate surface area is 568 Å².